The number of benzene rings is 3. The molecule has 0 saturated carbocycles. The summed E-state index contributed by atoms with van der Waals surface area (Å²) in [4.78, 5) is 13.4. The molecule has 5 heteroatoms. The van der Waals surface area contributed by atoms with Crippen LogP contribution in [0.3, 0.4) is 0 Å². The van der Waals surface area contributed by atoms with Crippen molar-refractivity contribution >= 4 is 28.8 Å². The zero-order valence-electron chi connectivity index (χ0n) is 16.2. The lowest BCUT2D eigenvalue weighted by Gasteiger charge is -2.30. The summed E-state index contributed by atoms with van der Waals surface area (Å²) in [5.74, 6) is -0.251. The Labute approximate surface area is 179 Å². The molecule has 0 unspecified atom stereocenters. The zero-order valence-corrected chi connectivity index (χ0v) is 16.9. The monoisotopic (exact) mass is 418 g/mol. The van der Waals surface area contributed by atoms with E-state index >= 15 is 0 Å². The number of carbonyl (C=O) groups is 1. The lowest BCUT2D eigenvalue weighted by molar-refractivity contribution is -0.116. The summed E-state index contributed by atoms with van der Waals surface area (Å²) in [5, 5.41) is 7.55. The molecule has 1 heterocycles. The number of hydrogen-bond acceptors (Lipinski definition) is 3. The summed E-state index contributed by atoms with van der Waals surface area (Å²) in [5.41, 5.74) is 4.73. The fraction of sp³-hybridized carbons (Fsp3) is 0.160. The first-order valence-corrected chi connectivity index (χ1v) is 10.4. The average Bonchev–Trinajstić information content (AvgIpc) is 2.91. The van der Waals surface area contributed by atoms with Crippen molar-refractivity contribution in [3.8, 4) is 0 Å². The van der Waals surface area contributed by atoms with E-state index in [4.69, 9.17) is 11.6 Å². The van der Waals surface area contributed by atoms with Gasteiger partial charge in [0.25, 0.3) is 0 Å². The van der Waals surface area contributed by atoms with Crippen LogP contribution in [-0.4, -0.2) is 5.78 Å². The Morgan fingerprint density at radius 3 is 2.33 bits per heavy atom. The second-order valence-electron chi connectivity index (χ2n) is 7.74. The Morgan fingerprint density at radius 2 is 1.57 bits per heavy atom. The largest absolute Gasteiger partial charge is 0.372 e. The predicted octanol–water partition coefficient (Wildman–Crippen LogP) is 6.46. The number of ketones is 1. The molecule has 0 bridgehead atoms. The number of fused-ring (bicyclic) bond motifs is 1. The second kappa shape index (κ2) is 7.62. The van der Waals surface area contributed by atoms with Crippen LogP contribution in [0.4, 0.5) is 15.8 Å². The van der Waals surface area contributed by atoms with Crippen molar-refractivity contribution in [2.45, 2.75) is 24.8 Å². The number of carbonyl (C=O) groups excluding carboxylic acids is 1. The van der Waals surface area contributed by atoms with Gasteiger partial charge >= 0.3 is 0 Å². The molecule has 5 rings (SSSR count). The molecule has 30 heavy (non-hydrogen) atoms. The van der Waals surface area contributed by atoms with Crippen LogP contribution >= 0.6 is 11.6 Å². The quantitative estimate of drug-likeness (QED) is 0.501. The minimum atomic E-state index is -0.545. The van der Waals surface area contributed by atoms with Gasteiger partial charge in [0.1, 0.15) is 5.82 Å². The van der Waals surface area contributed by atoms with Gasteiger partial charge in [-0.15, -0.1) is 0 Å². The smallest absolute Gasteiger partial charge is 0.163 e. The molecule has 3 aromatic carbocycles. The summed E-state index contributed by atoms with van der Waals surface area (Å²) in [6, 6.07) is 21.5. The fourth-order valence-corrected chi connectivity index (χ4v) is 4.53. The average molecular weight is 419 g/mol. The highest BCUT2D eigenvalue weighted by atomic mass is 35.5. The van der Waals surface area contributed by atoms with Crippen LogP contribution in [0.15, 0.2) is 84.1 Å². The van der Waals surface area contributed by atoms with E-state index in [1.165, 1.54) is 6.07 Å². The maximum Gasteiger partial charge on any atom is 0.163 e. The summed E-state index contributed by atoms with van der Waals surface area (Å²) in [7, 11) is 0. The molecule has 2 aliphatic rings. The molecule has 3 aromatic rings. The van der Waals surface area contributed by atoms with Gasteiger partial charge in [-0.25, -0.2) is 4.39 Å². The first-order chi connectivity index (χ1) is 14.6. The van der Waals surface area contributed by atoms with Crippen molar-refractivity contribution in [3.63, 3.8) is 0 Å². The number of Topliss-reactive ketones (excluding diaryl/α,β-unsaturated/α-hetero) is 1. The van der Waals surface area contributed by atoms with Crippen LogP contribution in [0.25, 0.3) is 0 Å². The van der Waals surface area contributed by atoms with Crippen molar-refractivity contribution in [1.29, 1.82) is 0 Å². The zero-order chi connectivity index (χ0) is 20.7. The SMILES string of the molecule is O=C1C[C@H](c2ccc(Cl)cc2)CC2=C1[C@@H](c1ccccc1F)Nc1ccccc1N2. The molecule has 0 aromatic heterocycles. The minimum Gasteiger partial charge on any atom is -0.372 e. The van der Waals surface area contributed by atoms with Crippen molar-refractivity contribution in [3.05, 3.63) is 106 Å². The van der Waals surface area contributed by atoms with Crippen molar-refractivity contribution in [2.75, 3.05) is 10.6 Å². The van der Waals surface area contributed by atoms with Gasteiger partial charge in [-0.2, -0.15) is 0 Å². The molecule has 3 nitrogen and oxygen atoms in total. The Bertz CT molecular complexity index is 1160. The van der Waals surface area contributed by atoms with E-state index in [9.17, 15) is 9.18 Å². The van der Waals surface area contributed by atoms with Crippen LogP contribution in [-0.2, 0) is 4.79 Å². The fourth-order valence-electron chi connectivity index (χ4n) is 4.41. The van der Waals surface area contributed by atoms with E-state index in [1.54, 1.807) is 18.2 Å². The Balaban J connectivity index is 1.62. The van der Waals surface area contributed by atoms with E-state index < -0.39 is 6.04 Å². The number of allylic oxidation sites excluding steroid dienone is 1. The van der Waals surface area contributed by atoms with Crippen LogP contribution in [0.1, 0.15) is 35.9 Å². The highest BCUT2D eigenvalue weighted by Gasteiger charge is 2.36. The van der Waals surface area contributed by atoms with Crippen molar-refractivity contribution in [2.24, 2.45) is 0 Å². The molecule has 0 fully saturated rings. The highest BCUT2D eigenvalue weighted by Crippen LogP contribution is 2.44. The molecule has 2 N–H and O–H groups in total. The van der Waals surface area contributed by atoms with Gasteiger partial charge in [0.15, 0.2) is 5.78 Å². The predicted molar refractivity (Wildman–Crippen MR) is 118 cm³/mol. The molecule has 1 aliphatic heterocycles. The normalized spacial score (nSPS) is 20.5. The maximum absolute atomic E-state index is 14.7. The summed E-state index contributed by atoms with van der Waals surface area (Å²) < 4.78 is 14.7. The molecule has 0 amide bonds. The molecule has 2 atom stereocenters. The molecule has 1 aliphatic carbocycles. The molecular weight excluding hydrogens is 399 g/mol. The number of anilines is 2. The van der Waals surface area contributed by atoms with Crippen LogP contribution < -0.4 is 10.6 Å². The standard InChI is InChI=1S/C25H20ClFN2O/c26-17-11-9-15(10-12-17)16-13-22-24(23(30)14-16)25(18-5-1-2-6-19(18)27)29-21-8-4-3-7-20(21)28-22/h1-12,16,25,28-29H,13-14H2/t16-,25-/m1/s1. The van der Waals surface area contributed by atoms with Crippen LogP contribution in [0, 0.1) is 5.82 Å². The van der Waals surface area contributed by atoms with Crippen LogP contribution in [0.5, 0.6) is 0 Å². The summed E-state index contributed by atoms with van der Waals surface area (Å²) >= 11 is 6.04. The third-order valence-electron chi connectivity index (χ3n) is 5.87. The summed E-state index contributed by atoms with van der Waals surface area (Å²) in [6.45, 7) is 0. The molecule has 0 spiro atoms. The van der Waals surface area contributed by atoms with Gasteiger partial charge in [0.05, 0.1) is 17.4 Å². The second-order valence-corrected chi connectivity index (χ2v) is 8.18. The van der Waals surface area contributed by atoms with Gasteiger partial charge in [-0.05, 0) is 48.2 Å². The third-order valence-corrected chi connectivity index (χ3v) is 6.12. The minimum absolute atomic E-state index is 0.0252. The third kappa shape index (κ3) is 3.37. The lowest BCUT2D eigenvalue weighted by Crippen LogP contribution is -2.27. The van der Waals surface area contributed by atoms with Gasteiger partial charge in [0, 0.05) is 28.3 Å². The maximum atomic E-state index is 14.7. The van der Waals surface area contributed by atoms with Crippen molar-refractivity contribution in [1.82, 2.24) is 0 Å². The van der Waals surface area contributed by atoms with E-state index in [0.29, 0.717) is 29.0 Å². The molecular formula is C25H20ClFN2O. The van der Waals surface area contributed by atoms with E-state index in [0.717, 1.165) is 22.6 Å². The highest BCUT2D eigenvalue weighted by molar-refractivity contribution is 6.30. The topological polar surface area (TPSA) is 41.1 Å². The van der Waals surface area contributed by atoms with Gasteiger partial charge in [-0.1, -0.05) is 54.1 Å². The molecule has 150 valence electrons. The molecule has 0 saturated heterocycles. The number of hydrogen-bond donors (Lipinski definition) is 2. The Hall–Kier alpha value is -3.11. The van der Waals surface area contributed by atoms with Crippen LogP contribution in [0.2, 0.25) is 5.02 Å². The van der Waals surface area contributed by atoms with E-state index in [-0.39, 0.29) is 17.5 Å². The van der Waals surface area contributed by atoms with Gasteiger partial charge in [-0.3, -0.25) is 4.79 Å². The number of nitrogens with one attached hydrogen (secondary N) is 2. The molecule has 0 radical (unpaired) electrons. The summed E-state index contributed by atoms with van der Waals surface area (Å²) in [6.07, 6.45) is 1.05. The van der Waals surface area contributed by atoms with E-state index in [2.05, 4.69) is 10.6 Å². The first kappa shape index (κ1) is 18.9. The Kier molecular flexibility index (Phi) is 4.80. The number of para-hydroxylation sites is 2. The van der Waals surface area contributed by atoms with Gasteiger partial charge < -0.3 is 10.6 Å². The lowest BCUT2D eigenvalue weighted by atomic mass is 9.78. The van der Waals surface area contributed by atoms with E-state index in [1.807, 2.05) is 48.5 Å². The number of halogens is 2. The number of rotatable bonds is 2. The van der Waals surface area contributed by atoms with Gasteiger partial charge in [0.2, 0.25) is 0 Å². The van der Waals surface area contributed by atoms with Crippen molar-refractivity contribution < 1.29 is 9.18 Å². The first-order valence-electron chi connectivity index (χ1n) is 9.99. The Morgan fingerprint density at radius 1 is 0.867 bits per heavy atom.